The van der Waals surface area contributed by atoms with Gasteiger partial charge in [0.2, 0.25) is 0 Å². The number of carbonyl (C=O) groups excluding carboxylic acids is 1. The summed E-state index contributed by atoms with van der Waals surface area (Å²) in [4.78, 5) is 10.1. The second-order valence-corrected chi connectivity index (χ2v) is 1.86. The molecule has 0 aliphatic carbocycles. The summed E-state index contributed by atoms with van der Waals surface area (Å²) in [6.45, 7) is 1.80. The fourth-order valence-corrected chi connectivity index (χ4v) is 0.674. The number of hydrogen-bond acceptors (Lipinski definition) is 2. The van der Waals surface area contributed by atoms with Crippen molar-refractivity contribution in [3.05, 3.63) is 17.5 Å². The van der Waals surface area contributed by atoms with E-state index in [9.17, 15) is 4.79 Å². The van der Waals surface area contributed by atoms with E-state index in [1.165, 1.54) is 4.68 Å². The molecule has 54 valence electrons. The fourth-order valence-electron chi connectivity index (χ4n) is 0.674. The van der Waals surface area contributed by atoms with Gasteiger partial charge in [-0.1, -0.05) is 6.92 Å². The molecule has 0 saturated carbocycles. The zero-order chi connectivity index (χ0) is 6.85. The van der Waals surface area contributed by atoms with Crippen LogP contribution in [0.5, 0.6) is 0 Å². The Labute approximate surface area is 73.7 Å². The summed E-state index contributed by atoms with van der Waals surface area (Å²) < 4.78 is 1.50. The van der Waals surface area contributed by atoms with Gasteiger partial charge in [0.25, 0.3) is 0 Å². The number of nitrogens with zero attached hydrogens (tertiary/aromatic N) is 2. The molecule has 0 bridgehead atoms. The van der Waals surface area contributed by atoms with E-state index in [1.807, 2.05) is 0 Å². The first-order valence-electron chi connectivity index (χ1n) is 2.62. The minimum atomic E-state index is 0. The number of carbonyl (C=O) groups is 1. The van der Waals surface area contributed by atoms with Crippen LogP contribution in [0.1, 0.15) is 16.1 Å². The van der Waals surface area contributed by atoms with E-state index in [1.54, 1.807) is 14.0 Å². The van der Waals surface area contributed by atoms with Crippen LogP contribution in [0.3, 0.4) is 0 Å². The normalized spacial score (nSPS) is 8.60. The molecular formula is C6H7N2OW-. The van der Waals surface area contributed by atoms with Crippen LogP contribution >= 0.6 is 0 Å². The van der Waals surface area contributed by atoms with Crippen molar-refractivity contribution < 1.29 is 25.9 Å². The number of aryl methyl sites for hydroxylation is 2. The van der Waals surface area contributed by atoms with E-state index in [-0.39, 0.29) is 21.1 Å². The second kappa shape index (κ2) is 3.67. The fraction of sp³-hybridized carbons (Fsp3) is 0.333. The van der Waals surface area contributed by atoms with E-state index < -0.39 is 0 Å². The molecule has 1 aromatic rings. The first-order valence-corrected chi connectivity index (χ1v) is 2.62. The zero-order valence-electron chi connectivity index (χ0n) is 5.79. The Morgan fingerprint density at radius 3 is 2.50 bits per heavy atom. The van der Waals surface area contributed by atoms with Crippen LogP contribution in [-0.4, -0.2) is 16.1 Å². The Hall–Kier alpha value is -0.432. The van der Waals surface area contributed by atoms with Gasteiger partial charge in [0, 0.05) is 28.1 Å². The summed E-state index contributed by atoms with van der Waals surface area (Å²) in [5, 5.41) is 3.82. The van der Waals surface area contributed by atoms with E-state index in [4.69, 9.17) is 0 Å². The largest absolute Gasteiger partial charge is 0.379 e. The molecule has 4 heteroatoms. The van der Waals surface area contributed by atoms with E-state index in [0.717, 1.165) is 11.8 Å². The molecule has 0 aromatic carbocycles. The summed E-state index contributed by atoms with van der Waals surface area (Å²) in [6, 6.07) is 0. The number of rotatable bonds is 1. The van der Waals surface area contributed by atoms with Crippen molar-refractivity contribution in [2.45, 2.75) is 6.92 Å². The Balaban J connectivity index is 0.000000810. The van der Waals surface area contributed by atoms with Crippen LogP contribution in [0.15, 0.2) is 0 Å². The molecule has 0 N–H and O–H groups in total. The van der Waals surface area contributed by atoms with Gasteiger partial charge in [-0.05, 0) is 5.69 Å². The zero-order valence-corrected chi connectivity index (χ0v) is 8.72. The smallest absolute Gasteiger partial charge is 0.0889 e. The van der Waals surface area contributed by atoms with E-state index in [2.05, 4.69) is 11.3 Å². The Morgan fingerprint density at radius 2 is 2.30 bits per heavy atom. The van der Waals surface area contributed by atoms with Gasteiger partial charge in [0.15, 0.2) is 0 Å². The maximum atomic E-state index is 10.1. The third-order valence-corrected chi connectivity index (χ3v) is 1.08. The molecule has 0 spiro atoms. The summed E-state index contributed by atoms with van der Waals surface area (Å²) in [6.07, 6.45) is 3.56. The minimum absolute atomic E-state index is 0. The van der Waals surface area contributed by atoms with Crippen molar-refractivity contribution in [2.24, 2.45) is 7.05 Å². The SMILES string of the molecule is Cc1[c-]n(C)nc1C=O.[W]. The van der Waals surface area contributed by atoms with Crippen molar-refractivity contribution in [2.75, 3.05) is 0 Å². The maximum Gasteiger partial charge on any atom is 0.0889 e. The average Bonchev–Trinajstić information content (AvgIpc) is 2.10. The molecule has 3 nitrogen and oxygen atoms in total. The van der Waals surface area contributed by atoms with Crippen molar-refractivity contribution in [3.63, 3.8) is 0 Å². The van der Waals surface area contributed by atoms with Gasteiger partial charge >= 0.3 is 0 Å². The van der Waals surface area contributed by atoms with Crippen LogP contribution < -0.4 is 0 Å². The molecule has 0 amide bonds. The Morgan fingerprint density at radius 1 is 1.70 bits per heavy atom. The van der Waals surface area contributed by atoms with Gasteiger partial charge in [0.05, 0.1) is 6.29 Å². The van der Waals surface area contributed by atoms with Crippen molar-refractivity contribution >= 4 is 6.29 Å². The van der Waals surface area contributed by atoms with Crippen LogP contribution in [0.4, 0.5) is 0 Å². The summed E-state index contributed by atoms with van der Waals surface area (Å²) in [5.41, 5.74) is 1.27. The molecule has 0 radical (unpaired) electrons. The van der Waals surface area contributed by atoms with Gasteiger partial charge in [-0.3, -0.25) is 5.10 Å². The predicted octanol–water partition coefficient (Wildman–Crippen LogP) is 0.339. The molecule has 0 fully saturated rings. The summed E-state index contributed by atoms with van der Waals surface area (Å²) in [7, 11) is 1.74. The standard InChI is InChI=1S/C6H7N2O.W/c1-5-3-8(2)7-6(5)4-9;/h4H,1-2H3;/q-1;. The molecule has 0 saturated heterocycles. The molecule has 10 heavy (non-hydrogen) atoms. The third-order valence-electron chi connectivity index (χ3n) is 1.08. The van der Waals surface area contributed by atoms with Gasteiger partial charge < -0.3 is 9.48 Å². The van der Waals surface area contributed by atoms with Crippen LogP contribution in [0.2, 0.25) is 0 Å². The molecule has 0 atom stereocenters. The van der Waals surface area contributed by atoms with Crippen LogP contribution in [0.25, 0.3) is 0 Å². The minimum Gasteiger partial charge on any atom is -0.379 e. The molecule has 1 aromatic heterocycles. The second-order valence-electron chi connectivity index (χ2n) is 1.86. The molecular weight excluding hydrogens is 300 g/mol. The maximum absolute atomic E-state index is 10.1. The first-order chi connectivity index (χ1) is 4.24. The Kier molecular flexibility index (Phi) is 3.51. The predicted molar refractivity (Wildman–Crippen MR) is 32.2 cm³/mol. The monoisotopic (exact) mass is 307 g/mol. The van der Waals surface area contributed by atoms with Crippen molar-refractivity contribution in [1.82, 2.24) is 9.78 Å². The molecule has 1 heterocycles. The van der Waals surface area contributed by atoms with E-state index >= 15 is 0 Å². The topological polar surface area (TPSA) is 34.9 Å². The first kappa shape index (κ1) is 9.57. The van der Waals surface area contributed by atoms with Crippen molar-refractivity contribution in [1.29, 1.82) is 0 Å². The summed E-state index contributed by atoms with van der Waals surface area (Å²) in [5.74, 6) is 0. The Bertz CT molecular complexity index is 232. The number of hydrogen-bond donors (Lipinski definition) is 0. The van der Waals surface area contributed by atoms with Crippen LogP contribution in [-0.2, 0) is 28.1 Å². The van der Waals surface area contributed by atoms with E-state index in [0.29, 0.717) is 5.69 Å². The average molecular weight is 307 g/mol. The quantitative estimate of drug-likeness (QED) is 0.554. The number of aromatic nitrogens is 2. The molecule has 0 unspecified atom stereocenters. The van der Waals surface area contributed by atoms with Gasteiger partial charge in [-0.2, -0.15) is 5.56 Å². The van der Waals surface area contributed by atoms with Gasteiger partial charge in [-0.15, -0.1) is 6.20 Å². The van der Waals surface area contributed by atoms with Gasteiger partial charge in [0.1, 0.15) is 0 Å². The molecule has 0 aliphatic rings. The number of aldehydes is 1. The summed E-state index contributed by atoms with van der Waals surface area (Å²) >= 11 is 0. The third kappa shape index (κ3) is 1.77. The van der Waals surface area contributed by atoms with Crippen molar-refractivity contribution in [3.8, 4) is 0 Å². The molecule has 1 rings (SSSR count). The van der Waals surface area contributed by atoms with Crippen LogP contribution in [0, 0.1) is 13.1 Å². The molecule has 0 aliphatic heterocycles. The van der Waals surface area contributed by atoms with Gasteiger partial charge in [-0.25, -0.2) is 0 Å².